The van der Waals surface area contributed by atoms with Crippen LogP contribution in [0.4, 0.5) is 0 Å². The first-order valence-corrected chi connectivity index (χ1v) is 10.4. The summed E-state index contributed by atoms with van der Waals surface area (Å²) in [5.74, 6) is 1.47. The van der Waals surface area contributed by atoms with E-state index < -0.39 is 9.84 Å². The maximum Gasteiger partial charge on any atom is 0.223 e. The van der Waals surface area contributed by atoms with Gasteiger partial charge in [0, 0.05) is 19.0 Å². The van der Waals surface area contributed by atoms with Crippen LogP contribution in [0.15, 0.2) is 0 Å². The normalized spacial score (nSPS) is 33.4. The Morgan fingerprint density at radius 2 is 1.76 bits per heavy atom. The number of likely N-dealkylation sites (tertiary alicyclic amines) is 1. The van der Waals surface area contributed by atoms with Crippen LogP contribution >= 0.6 is 0 Å². The van der Waals surface area contributed by atoms with E-state index in [-0.39, 0.29) is 23.3 Å². The highest BCUT2D eigenvalue weighted by atomic mass is 32.2. The maximum absolute atomic E-state index is 12.6. The van der Waals surface area contributed by atoms with E-state index in [2.05, 4.69) is 4.90 Å². The summed E-state index contributed by atoms with van der Waals surface area (Å²) in [6, 6.07) is 0.441. The summed E-state index contributed by atoms with van der Waals surface area (Å²) < 4.78 is 23.1. The van der Waals surface area contributed by atoms with Crippen LogP contribution in [0.3, 0.4) is 0 Å². The van der Waals surface area contributed by atoms with E-state index in [4.69, 9.17) is 0 Å². The van der Waals surface area contributed by atoms with Crippen LogP contribution in [-0.2, 0) is 14.6 Å². The van der Waals surface area contributed by atoms with Crippen molar-refractivity contribution < 1.29 is 13.2 Å². The molecule has 0 bridgehead atoms. The van der Waals surface area contributed by atoms with Crippen LogP contribution in [0.5, 0.6) is 0 Å². The van der Waals surface area contributed by atoms with Gasteiger partial charge in [0.1, 0.15) is 0 Å². The topological polar surface area (TPSA) is 54.5 Å². The third kappa shape index (κ3) is 3.61. The first-order chi connectivity index (χ1) is 10.1. The molecule has 0 aromatic carbocycles. The quantitative estimate of drug-likeness (QED) is 0.804. The smallest absolute Gasteiger partial charge is 0.223 e. The third-order valence-corrected chi connectivity index (χ3v) is 7.44. The molecule has 0 spiro atoms. The zero-order valence-corrected chi connectivity index (χ0v) is 13.6. The molecule has 0 radical (unpaired) electrons. The second-order valence-electron chi connectivity index (χ2n) is 7.17. The summed E-state index contributed by atoms with van der Waals surface area (Å²) in [7, 11) is -2.87. The van der Waals surface area contributed by atoms with Crippen LogP contribution in [0.2, 0.25) is 0 Å². The molecule has 3 fully saturated rings. The Bertz CT molecular complexity index is 482. The van der Waals surface area contributed by atoms with Crippen LogP contribution in [-0.4, -0.2) is 43.3 Å². The van der Waals surface area contributed by atoms with Gasteiger partial charge < -0.3 is 4.90 Å². The third-order valence-electron chi connectivity index (χ3n) is 5.60. The van der Waals surface area contributed by atoms with Crippen molar-refractivity contribution in [2.45, 2.75) is 63.8 Å². The summed E-state index contributed by atoms with van der Waals surface area (Å²) in [6.07, 6.45) is 9.90. The Labute approximate surface area is 128 Å². The van der Waals surface area contributed by atoms with Crippen LogP contribution in [0.1, 0.15) is 57.8 Å². The predicted octanol–water partition coefficient (Wildman–Crippen LogP) is 2.38. The molecule has 3 aliphatic rings. The minimum atomic E-state index is -2.87. The lowest BCUT2D eigenvalue weighted by atomic mass is 9.83. The lowest BCUT2D eigenvalue weighted by molar-refractivity contribution is -0.134. The van der Waals surface area contributed by atoms with E-state index in [0.717, 1.165) is 19.4 Å². The molecule has 0 unspecified atom stereocenters. The Morgan fingerprint density at radius 1 is 1.00 bits per heavy atom. The van der Waals surface area contributed by atoms with Crippen molar-refractivity contribution >= 4 is 15.7 Å². The number of carbonyl (C=O) groups is 1. The first-order valence-electron chi connectivity index (χ1n) is 8.55. The fourth-order valence-electron chi connectivity index (χ4n) is 4.51. The van der Waals surface area contributed by atoms with Gasteiger partial charge in [0.05, 0.1) is 11.5 Å². The van der Waals surface area contributed by atoms with Gasteiger partial charge in [-0.15, -0.1) is 0 Å². The molecule has 3 rings (SSSR count). The van der Waals surface area contributed by atoms with Crippen molar-refractivity contribution in [3.05, 3.63) is 0 Å². The van der Waals surface area contributed by atoms with Gasteiger partial charge in [0.2, 0.25) is 5.91 Å². The standard InChI is InChI=1S/C16H27NO3S/c18-16(11-13-8-10-21(19,20)12-13)17-9-4-7-15(17)14-5-2-1-3-6-14/h13-15H,1-12H2/t13-,15+/m1/s1. The van der Waals surface area contributed by atoms with E-state index in [1.54, 1.807) is 0 Å². The molecular weight excluding hydrogens is 286 g/mol. The Hall–Kier alpha value is -0.580. The van der Waals surface area contributed by atoms with Crippen LogP contribution < -0.4 is 0 Å². The zero-order valence-electron chi connectivity index (χ0n) is 12.8. The fraction of sp³-hybridized carbons (Fsp3) is 0.938. The highest BCUT2D eigenvalue weighted by Gasteiger charge is 2.37. The van der Waals surface area contributed by atoms with Crippen molar-refractivity contribution in [2.24, 2.45) is 11.8 Å². The molecule has 0 aromatic rings. The van der Waals surface area contributed by atoms with Crippen molar-refractivity contribution in [3.63, 3.8) is 0 Å². The molecule has 2 saturated heterocycles. The molecule has 120 valence electrons. The van der Waals surface area contributed by atoms with Crippen molar-refractivity contribution in [3.8, 4) is 0 Å². The summed E-state index contributed by atoms with van der Waals surface area (Å²) in [5, 5.41) is 0. The summed E-state index contributed by atoms with van der Waals surface area (Å²) in [4.78, 5) is 14.7. The van der Waals surface area contributed by atoms with Gasteiger partial charge in [-0.2, -0.15) is 0 Å². The van der Waals surface area contributed by atoms with Crippen molar-refractivity contribution in [1.29, 1.82) is 0 Å². The Kier molecular flexibility index (Phi) is 4.57. The summed E-state index contributed by atoms with van der Waals surface area (Å²) in [6.45, 7) is 0.888. The molecule has 2 heterocycles. The number of rotatable bonds is 3. The van der Waals surface area contributed by atoms with Gasteiger partial charge >= 0.3 is 0 Å². The number of hydrogen-bond acceptors (Lipinski definition) is 3. The van der Waals surface area contributed by atoms with Crippen molar-refractivity contribution in [1.82, 2.24) is 4.90 Å². The largest absolute Gasteiger partial charge is 0.339 e. The molecule has 2 atom stereocenters. The molecule has 2 aliphatic heterocycles. The van der Waals surface area contributed by atoms with E-state index in [9.17, 15) is 13.2 Å². The molecular formula is C16H27NO3S. The summed E-state index contributed by atoms with van der Waals surface area (Å²) >= 11 is 0. The highest BCUT2D eigenvalue weighted by Crippen LogP contribution is 2.35. The van der Waals surface area contributed by atoms with Gasteiger partial charge in [0.25, 0.3) is 0 Å². The van der Waals surface area contributed by atoms with Crippen LogP contribution in [0, 0.1) is 11.8 Å². The molecule has 4 nitrogen and oxygen atoms in total. The van der Waals surface area contributed by atoms with Gasteiger partial charge in [-0.3, -0.25) is 4.79 Å². The fourth-order valence-corrected chi connectivity index (χ4v) is 6.37. The molecule has 1 amide bonds. The second-order valence-corrected chi connectivity index (χ2v) is 9.40. The number of hydrogen-bond donors (Lipinski definition) is 0. The molecule has 21 heavy (non-hydrogen) atoms. The highest BCUT2D eigenvalue weighted by molar-refractivity contribution is 7.91. The van der Waals surface area contributed by atoms with E-state index in [1.807, 2.05) is 0 Å². The van der Waals surface area contributed by atoms with Crippen molar-refractivity contribution in [2.75, 3.05) is 18.1 Å². The van der Waals surface area contributed by atoms with E-state index in [1.165, 1.54) is 32.1 Å². The average molecular weight is 313 g/mol. The Balaban J connectivity index is 1.58. The van der Waals surface area contributed by atoms with Gasteiger partial charge in [0.15, 0.2) is 9.84 Å². The van der Waals surface area contributed by atoms with Crippen LogP contribution in [0.25, 0.3) is 0 Å². The monoisotopic (exact) mass is 313 g/mol. The van der Waals surface area contributed by atoms with E-state index >= 15 is 0 Å². The number of carbonyl (C=O) groups excluding carboxylic acids is 1. The first kappa shape index (κ1) is 15.3. The molecule has 0 N–H and O–H groups in total. The lowest BCUT2D eigenvalue weighted by Gasteiger charge is -2.34. The minimum absolute atomic E-state index is 0.0649. The van der Waals surface area contributed by atoms with E-state index in [0.29, 0.717) is 24.8 Å². The molecule has 1 saturated carbocycles. The maximum atomic E-state index is 12.6. The molecule has 1 aliphatic carbocycles. The van der Waals surface area contributed by atoms with Gasteiger partial charge in [-0.1, -0.05) is 19.3 Å². The number of amides is 1. The summed E-state index contributed by atoms with van der Waals surface area (Å²) in [5.41, 5.74) is 0. The number of nitrogens with zero attached hydrogens (tertiary/aromatic N) is 1. The van der Waals surface area contributed by atoms with Gasteiger partial charge in [-0.05, 0) is 43.9 Å². The minimum Gasteiger partial charge on any atom is -0.339 e. The number of sulfone groups is 1. The molecule has 0 aromatic heterocycles. The Morgan fingerprint density at radius 3 is 2.43 bits per heavy atom. The average Bonchev–Trinajstić information content (AvgIpc) is 3.06. The zero-order chi connectivity index (χ0) is 14.9. The van der Waals surface area contributed by atoms with Gasteiger partial charge in [-0.25, -0.2) is 8.42 Å². The SMILES string of the molecule is O=C(C[C@H]1CCS(=O)(=O)C1)N1CCC[C@H]1C1CCCCC1. The second kappa shape index (κ2) is 6.27. The predicted molar refractivity (Wildman–Crippen MR) is 82.7 cm³/mol. The lowest BCUT2D eigenvalue weighted by Crippen LogP contribution is -2.41. The molecule has 5 heteroatoms.